The van der Waals surface area contributed by atoms with E-state index < -0.39 is 0 Å². The summed E-state index contributed by atoms with van der Waals surface area (Å²) in [6, 6.07) is 0. The number of allylic oxidation sites excluding steroid dienone is 2. The molecule has 0 radical (unpaired) electrons. The van der Waals surface area contributed by atoms with Crippen molar-refractivity contribution in [1.29, 1.82) is 0 Å². The van der Waals surface area contributed by atoms with Crippen LogP contribution in [0.4, 0.5) is 0 Å². The van der Waals surface area contributed by atoms with Crippen LogP contribution in [-0.4, -0.2) is 20.9 Å². The van der Waals surface area contributed by atoms with E-state index in [-0.39, 0.29) is 0 Å². The Labute approximate surface area is 80.5 Å². The Bertz CT molecular complexity index is 112. The van der Waals surface area contributed by atoms with E-state index in [1.165, 1.54) is 27.7 Å². The first-order valence-electron chi connectivity index (χ1n) is 4.66. The van der Waals surface area contributed by atoms with Crippen molar-refractivity contribution in [1.82, 2.24) is 0 Å². The summed E-state index contributed by atoms with van der Waals surface area (Å²) in [5.74, 6) is 0. The second-order valence-corrected chi connectivity index (χ2v) is 6.97. The van der Waals surface area contributed by atoms with Crippen molar-refractivity contribution in [3.8, 4) is 0 Å². The molecule has 0 aromatic carbocycles. The van der Waals surface area contributed by atoms with Gasteiger partial charge < -0.3 is 0 Å². The van der Waals surface area contributed by atoms with Crippen LogP contribution in [0.1, 0.15) is 39.0 Å². The van der Waals surface area contributed by atoms with Gasteiger partial charge in [0.2, 0.25) is 0 Å². The molecule has 64 valence electrons. The zero-order valence-electron chi connectivity index (χ0n) is 7.38. The third kappa shape index (κ3) is 4.19. The molecule has 0 heterocycles. The average Bonchev–Trinajstić information content (AvgIpc) is 2.07. The van der Waals surface area contributed by atoms with Gasteiger partial charge in [-0.15, -0.1) is 0 Å². The first kappa shape index (κ1) is 9.62. The summed E-state index contributed by atoms with van der Waals surface area (Å²) in [7, 11) is 0. The van der Waals surface area contributed by atoms with E-state index in [9.17, 15) is 0 Å². The Morgan fingerprint density at radius 3 is 2.64 bits per heavy atom. The van der Waals surface area contributed by atoms with Crippen LogP contribution in [0.5, 0.6) is 0 Å². The van der Waals surface area contributed by atoms with Crippen molar-refractivity contribution in [3.63, 3.8) is 0 Å². The molecule has 0 aliphatic heterocycles. The van der Waals surface area contributed by atoms with Crippen LogP contribution < -0.4 is 0 Å². The third-order valence-electron chi connectivity index (χ3n) is 2.22. The molecule has 1 rings (SSSR count). The number of rotatable bonds is 3. The molecule has 0 bridgehead atoms. The molecule has 0 amide bonds. The quantitative estimate of drug-likeness (QED) is 0.542. The second kappa shape index (κ2) is 6.09. The van der Waals surface area contributed by atoms with Crippen LogP contribution in [0.2, 0.25) is 8.43 Å². The van der Waals surface area contributed by atoms with Gasteiger partial charge in [-0.2, -0.15) is 0 Å². The third-order valence-corrected chi connectivity index (χ3v) is 6.01. The predicted octanol–water partition coefficient (Wildman–Crippen LogP) is 3.44. The Morgan fingerprint density at radius 2 is 2.00 bits per heavy atom. The Kier molecular flexibility index (Phi) is 5.32. The fourth-order valence-corrected chi connectivity index (χ4v) is 5.07. The summed E-state index contributed by atoms with van der Waals surface area (Å²) in [6.07, 6.45) is 12.2. The maximum absolute atomic E-state index is 2.36. The zero-order valence-corrected chi connectivity index (χ0v) is 9.71. The summed E-state index contributed by atoms with van der Waals surface area (Å²) >= 11 is 0.342. The summed E-state index contributed by atoms with van der Waals surface area (Å²) in [6.45, 7) is 2.13. The van der Waals surface area contributed by atoms with Gasteiger partial charge >= 0.3 is 80.5 Å². The molecule has 1 fully saturated rings. The zero-order chi connectivity index (χ0) is 7.94. The minimum atomic E-state index is 0.342. The fraction of sp³-hybridized carbons (Fsp3) is 0.800. The molecule has 1 saturated carbocycles. The number of hydrogen-bond acceptors (Lipinski definition) is 0. The van der Waals surface area contributed by atoms with Crippen molar-refractivity contribution in [2.24, 2.45) is 0 Å². The van der Waals surface area contributed by atoms with Crippen LogP contribution in [0.25, 0.3) is 0 Å². The van der Waals surface area contributed by atoms with Crippen LogP contribution >= 0.6 is 0 Å². The van der Waals surface area contributed by atoms with E-state index >= 15 is 0 Å². The number of hydrogen-bond donors (Lipinski definition) is 0. The van der Waals surface area contributed by atoms with Gasteiger partial charge in [-0.1, -0.05) is 0 Å². The minimum absolute atomic E-state index is 0.342. The van der Waals surface area contributed by atoms with E-state index in [4.69, 9.17) is 0 Å². The van der Waals surface area contributed by atoms with Crippen LogP contribution in [0.3, 0.4) is 0 Å². The molecule has 0 N–H and O–H groups in total. The van der Waals surface area contributed by atoms with Gasteiger partial charge in [-0.05, 0) is 0 Å². The SMILES string of the molecule is CC=CC[Te]C1CCCCC1. The summed E-state index contributed by atoms with van der Waals surface area (Å²) in [5, 5.41) is 0. The first-order chi connectivity index (χ1) is 5.43. The Hall–Kier alpha value is 0.530. The Balaban J connectivity index is 2.04. The molecule has 0 saturated heterocycles. The maximum atomic E-state index is 2.36. The summed E-state index contributed by atoms with van der Waals surface area (Å²) < 4.78 is 2.62. The van der Waals surface area contributed by atoms with E-state index in [0.29, 0.717) is 20.9 Å². The standard InChI is InChI=1S/C10H18Te/c1-2-3-9-11-10-7-5-4-6-8-10/h2-3,10H,4-9H2,1H3. The Morgan fingerprint density at radius 1 is 1.27 bits per heavy atom. The van der Waals surface area contributed by atoms with Gasteiger partial charge in [0.1, 0.15) is 0 Å². The molecule has 1 aliphatic carbocycles. The van der Waals surface area contributed by atoms with Crippen LogP contribution in [0, 0.1) is 0 Å². The monoisotopic (exact) mass is 268 g/mol. The molecule has 1 aliphatic rings. The van der Waals surface area contributed by atoms with Crippen LogP contribution in [0.15, 0.2) is 12.2 Å². The molecule has 0 spiro atoms. The van der Waals surface area contributed by atoms with Gasteiger partial charge in [0.15, 0.2) is 0 Å². The van der Waals surface area contributed by atoms with Gasteiger partial charge in [-0.25, -0.2) is 0 Å². The van der Waals surface area contributed by atoms with E-state index in [2.05, 4.69) is 19.1 Å². The summed E-state index contributed by atoms with van der Waals surface area (Å²) in [5.41, 5.74) is 0. The molecular weight excluding hydrogens is 248 g/mol. The van der Waals surface area contributed by atoms with Crippen molar-refractivity contribution in [3.05, 3.63) is 12.2 Å². The molecular formula is C10H18Te. The van der Waals surface area contributed by atoms with Crippen molar-refractivity contribution in [2.45, 2.75) is 47.5 Å². The predicted molar refractivity (Wildman–Crippen MR) is 52.2 cm³/mol. The second-order valence-electron chi connectivity index (χ2n) is 3.16. The topological polar surface area (TPSA) is 0 Å². The van der Waals surface area contributed by atoms with E-state index in [1.54, 1.807) is 12.8 Å². The van der Waals surface area contributed by atoms with Crippen molar-refractivity contribution < 1.29 is 0 Å². The fourth-order valence-electron chi connectivity index (χ4n) is 1.52. The van der Waals surface area contributed by atoms with E-state index in [0.717, 1.165) is 0 Å². The van der Waals surface area contributed by atoms with Gasteiger partial charge in [-0.3, -0.25) is 0 Å². The molecule has 0 aromatic heterocycles. The first-order valence-corrected chi connectivity index (χ1v) is 7.65. The van der Waals surface area contributed by atoms with E-state index in [1.807, 2.05) is 0 Å². The van der Waals surface area contributed by atoms with Crippen LogP contribution in [-0.2, 0) is 0 Å². The normalized spacial score (nSPS) is 21.2. The molecule has 0 unspecified atom stereocenters. The molecule has 0 aromatic rings. The molecule has 1 heteroatoms. The molecule has 0 atom stereocenters. The average molecular weight is 266 g/mol. The van der Waals surface area contributed by atoms with Gasteiger partial charge in [0.05, 0.1) is 0 Å². The van der Waals surface area contributed by atoms with Gasteiger partial charge in [0, 0.05) is 0 Å². The van der Waals surface area contributed by atoms with Gasteiger partial charge in [0.25, 0.3) is 0 Å². The molecule has 0 nitrogen and oxygen atoms in total. The molecule has 11 heavy (non-hydrogen) atoms. The van der Waals surface area contributed by atoms with Crippen molar-refractivity contribution in [2.75, 3.05) is 0 Å². The van der Waals surface area contributed by atoms with Crippen molar-refractivity contribution >= 4 is 20.9 Å². The summed E-state index contributed by atoms with van der Waals surface area (Å²) in [4.78, 5) is 0.